The molecule has 3 nitrogen and oxygen atoms in total. The van der Waals surface area contributed by atoms with E-state index in [1.54, 1.807) is 11.8 Å². The van der Waals surface area contributed by atoms with Crippen molar-refractivity contribution in [2.75, 3.05) is 0 Å². The molecule has 0 aliphatic heterocycles. The molecule has 0 aliphatic carbocycles. The summed E-state index contributed by atoms with van der Waals surface area (Å²) >= 11 is 1.62. The zero-order chi connectivity index (χ0) is 16.4. The highest BCUT2D eigenvalue weighted by molar-refractivity contribution is 7.99. The third kappa shape index (κ3) is 3.45. The first-order chi connectivity index (χ1) is 11.0. The maximum absolute atomic E-state index is 13.1. The molecule has 0 amide bonds. The van der Waals surface area contributed by atoms with Gasteiger partial charge in [-0.1, -0.05) is 36.0 Å². The Labute approximate surface area is 139 Å². The Morgan fingerprint density at radius 1 is 1.04 bits per heavy atom. The fraction of sp³-hybridized carbons (Fsp3) is 0.222. The van der Waals surface area contributed by atoms with Gasteiger partial charge in [0.15, 0.2) is 5.16 Å². The Kier molecular flexibility index (Phi) is 4.48. The number of rotatable bonds is 4. The van der Waals surface area contributed by atoms with Gasteiger partial charge in [0.25, 0.3) is 0 Å². The molecule has 1 aromatic heterocycles. The third-order valence-corrected chi connectivity index (χ3v) is 4.78. The van der Waals surface area contributed by atoms with Crippen LogP contribution in [0.4, 0.5) is 4.39 Å². The van der Waals surface area contributed by atoms with E-state index < -0.39 is 0 Å². The highest BCUT2D eigenvalue weighted by Gasteiger charge is 2.16. The van der Waals surface area contributed by atoms with E-state index in [4.69, 9.17) is 0 Å². The zero-order valence-corrected chi connectivity index (χ0v) is 14.1. The van der Waals surface area contributed by atoms with Crippen LogP contribution in [-0.4, -0.2) is 14.8 Å². The van der Waals surface area contributed by atoms with Gasteiger partial charge in [-0.2, -0.15) is 0 Å². The number of aromatic nitrogens is 3. The van der Waals surface area contributed by atoms with Crippen molar-refractivity contribution in [1.29, 1.82) is 0 Å². The quantitative estimate of drug-likeness (QED) is 0.640. The Hall–Kier alpha value is -2.14. The van der Waals surface area contributed by atoms with Gasteiger partial charge in [0.2, 0.25) is 0 Å². The van der Waals surface area contributed by atoms with Gasteiger partial charge in [-0.15, -0.1) is 10.2 Å². The van der Waals surface area contributed by atoms with Gasteiger partial charge in [-0.05, 0) is 56.2 Å². The van der Waals surface area contributed by atoms with Crippen LogP contribution in [0.15, 0.2) is 53.7 Å². The zero-order valence-electron chi connectivity index (χ0n) is 13.3. The van der Waals surface area contributed by atoms with E-state index >= 15 is 0 Å². The van der Waals surface area contributed by atoms with E-state index in [0.717, 1.165) is 22.2 Å². The summed E-state index contributed by atoms with van der Waals surface area (Å²) in [7, 11) is 0. The molecule has 1 unspecified atom stereocenters. The number of thioether (sulfide) groups is 1. The molecule has 0 aliphatic rings. The lowest BCUT2D eigenvalue weighted by atomic mass is 10.2. The van der Waals surface area contributed by atoms with Crippen molar-refractivity contribution in [1.82, 2.24) is 14.8 Å². The van der Waals surface area contributed by atoms with Crippen LogP contribution in [0.1, 0.15) is 29.1 Å². The van der Waals surface area contributed by atoms with E-state index in [-0.39, 0.29) is 11.1 Å². The first-order valence-electron chi connectivity index (χ1n) is 7.46. The van der Waals surface area contributed by atoms with E-state index in [2.05, 4.69) is 46.8 Å². The lowest BCUT2D eigenvalue weighted by molar-refractivity contribution is 0.627. The van der Waals surface area contributed by atoms with Crippen molar-refractivity contribution in [3.8, 4) is 5.69 Å². The second-order valence-corrected chi connectivity index (χ2v) is 6.82. The number of aryl methyl sites for hydroxylation is 2. The molecule has 1 heterocycles. The first-order valence-corrected chi connectivity index (χ1v) is 8.34. The molecular formula is C18H18FN3S. The number of hydrogen-bond donors (Lipinski definition) is 0. The predicted octanol–water partition coefficient (Wildman–Crippen LogP) is 4.88. The van der Waals surface area contributed by atoms with Crippen molar-refractivity contribution in [2.24, 2.45) is 0 Å². The fourth-order valence-electron chi connectivity index (χ4n) is 2.44. The Morgan fingerprint density at radius 2 is 1.78 bits per heavy atom. The van der Waals surface area contributed by atoms with E-state index in [0.29, 0.717) is 0 Å². The molecule has 3 rings (SSSR count). The van der Waals surface area contributed by atoms with Gasteiger partial charge < -0.3 is 0 Å². The second kappa shape index (κ2) is 6.54. The number of benzene rings is 2. The van der Waals surface area contributed by atoms with Crippen molar-refractivity contribution in [3.05, 3.63) is 71.3 Å². The van der Waals surface area contributed by atoms with Crippen LogP contribution in [0.2, 0.25) is 0 Å². The van der Waals surface area contributed by atoms with Crippen molar-refractivity contribution >= 4 is 11.8 Å². The lowest BCUT2D eigenvalue weighted by Gasteiger charge is -2.13. The largest absolute Gasteiger partial charge is 0.274 e. The highest BCUT2D eigenvalue weighted by atomic mass is 32.2. The van der Waals surface area contributed by atoms with Crippen molar-refractivity contribution in [2.45, 2.75) is 31.2 Å². The van der Waals surface area contributed by atoms with Crippen LogP contribution in [-0.2, 0) is 0 Å². The van der Waals surface area contributed by atoms with Crippen LogP contribution in [0.3, 0.4) is 0 Å². The third-order valence-electron chi connectivity index (χ3n) is 3.68. The minimum Gasteiger partial charge on any atom is -0.274 e. The Balaban J connectivity index is 1.91. The van der Waals surface area contributed by atoms with Crippen LogP contribution in [0, 0.1) is 19.7 Å². The summed E-state index contributed by atoms with van der Waals surface area (Å²) in [5, 5.41) is 9.52. The predicted molar refractivity (Wildman–Crippen MR) is 91.5 cm³/mol. The minimum absolute atomic E-state index is 0.155. The van der Waals surface area contributed by atoms with Crippen LogP contribution in [0.25, 0.3) is 5.69 Å². The minimum atomic E-state index is -0.218. The summed E-state index contributed by atoms with van der Waals surface area (Å²) in [6, 6.07) is 14.9. The molecule has 3 aromatic rings. The van der Waals surface area contributed by atoms with Crippen LogP contribution in [0.5, 0.6) is 0 Å². The number of nitrogens with zero attached hydrogens (tertiary/aromatic N) is 3. The maximum atomic E-state index is 13.1. The summed E-state index contributed by atoms with van der Waals surface area (Å²) in [5.41, 5.74) is 3.31. The summed E-state index contributed by atoms with van der Waals surface area (Å²) in [5.74, 6) is 0.633. The lowest BCUT2D eigenvalue weighted by Crippen LogP contribution is -2.00. The average Bonchev–Trinajstić information content (AvgIpc) is 2.88. The molecule has 23 heavy (non-hydrogen) atoms. The molecule has 5 heteroatoms. The Bertz CT molecular complexity index is 811. The molecule has 0 saturated heterocycles. The molecule has 0 radical (unpaired) electrons. The smallest absolute Gasteiger partial charge is 0.196 e. The molecule has 0 N–H and O–H groups in total. The first kappa shape index (κ1) is 15.7. The number of halogens is 1. The SMILES string of the molecule is Cc1cccc(-n2c(C)nnc2SC(C)c2ccc(F)cc2)c1. The fourth-order valence-corrected chi connectivity index (χ4v) is 3.48. The molecule has 118 valence electrons. The summed E-state index contributed by atoms with van der Waals surface area (Å²) in [6.07, 6.45) is 0. The van der Waals surface area contributed by atoms with E-state index in [1.165, 1.54) is 17.7 Å². The standard InChI is InChI=1S/C18H18FN3S/c1-12-5-4-6-17(11-12)22-14(3)20-21-18(22)23-13(2)15-7-9-16(19)10-8-15/h4-11,13H,1-3H3. The van der Waals surface area contributed by atoms with Crippen molar-refractivity contribution in [3.63, 3.8) is 0 Å². The Morgan fingerprint density at radius 3 is 2.48 bits per heavy atom. The molecule has 0 bridgehead atoms. The van der Waals surface area contributed by atoms with Gasteiger partial charge in [-0.3, -0.25) is 4.57 Å². The topological polar surface area (TPSA) is 30.7 Å². The molecular weight excluding hydrogens is 309 g/mol. The summed E-state index contributed by atoms with van der Waals surface area (Å²) < 4.78 is 15.1. The van der Waals surface area contributed by atoms with Gasteiger partial charge in [0.05, 0.1) is 0 Å². The van der Waals surface area contributed by atoms with E-state index in [9.17, 15) is 4.39 Å². The number of hydrogen-bond acceptors (Lipinski definition) is 3. The molecule has 1 atom stereocenters. The molecule has 0 saturated carbocycles. The molecule has 0 fully saturated rings. The average molecular weight is 327 g/mol. The molecule has 2 aromatic carbocycles. The normalized spacial score (nSPS) is 12.3. The maximum Gasteiger partial charge on any atom is 0.196 e. The second-order valence-electron chi connectivity index (χ2n) is 5.52. The van der Waals surface area contributed by atoms with Gasteiger partial charge >= 0.3 is 0 Å². The van der Waals surface area contributed by atoms with Crippen LogP contribution >= 0.6 is 11.8 Å². The van der Waals surface area contributed by atoms with Gasteiger partial charge in [-0.25, -0.2) is 4.39 Å². The van der Waals surface area contributed by atoms with Gasteiger partial charge in [0, 0.05) is 10.9 Å². The van der Waals surface area contributed by atoms with E-state index in [1.807, 2.05) is 25.1 Å². The molecule has 0 spiro atoms. The summed E-state index contributed by atoms with van der Waals surface area (Å²) in [6.45, 7) is 6.10. The highest BCUT2D eigenvalue weighted by Crippen LogP contribution is 2.35. The van der Waals surface area contributed by atoms with Crippen molar-refractivity contribution < 1.29 is 4.39 Å². The van der Waals surface area contributed by atoms with Gasteiger partial charge in [0.1, 0.15) is 11.6 Å². The summed E-state index contributed by atoms with van der Waals surface area (Å²) in [4.78, 5) is 0. The monoisotopic (exact) mass is 327 g/mol. The van der Waals surface area contributed by atoms with Crippen LogP contribution < -0.4 is 0 Å².